The molecule has 1 N–H and O–H groups in total. The lowest BCUT2D eigenvalue weighted by atomic mass is 9.67. The molecule has 0 fully saturated rings. The second-order valence-corrected chi connectivity index (χ2v) is 8.13. The van der Waals surface area contributed by atoms with Gasteiger partial charge >= 0.3 is 0 Å². The Labute approximate surface area is 188 Å². The first-order chi connectivity index (χ1) is 15.9. The fourth-order valence-electron chi connectivity index (χ4n) is 5.11. The fourth-order valence-corrected chi connectivity index (χ4v) is 5.11. The van der Waals surface area contributed by atoms with E-state index in [1.165, 1.54) is 33.4 Å². The Morgan fingerprint density at radius 1 is 0.531 bits per heavy atom. The number of hydrogen-bond donors (Lipinski definition) is 1. The van der Waals surface area contributed by atoms with Crippen LogP contribution < -0.4 is 5.32 Å². The first-order valence-electron chi connectivity index (χ1n) is 10.9. The summed E-state index contributed by atoms with van der Waals surface area (Å²) in [6, 6.07) is 43.1. The van der Waals surface area contributed by atoms with Crippen molar-refractivity contribution in [3.63, 3.8) is 0 Å². The van der Waals surface area contributed by atoms with Gasteiger partial charge in [0.25, 0.3) is 0 Å². The van der Waals surface area contributed by atoms with Crippen LogP contribution in [0.1, 0.15) is 22.3 Å². The smallest absolute Gasteiger partial charge is 0.130 e. The van der Waals surface area contributed by atoms with Gasteiger partial charge in [0.2, 0.25) is 0 Å². The van der Waals surface area contributed by atoms with Crippen molar-refractivity contribution < 1.29 is 0 Å². The molecule has 2 nitrogen and oxygen atoms in total. The maximum absolute atomic E-state index is 4.45. The third-order valence-electron chi connectivity index (χ3n) is 6.40. The molecule has 5 aromatic rings. The predicted octanol–water partition coefficient (Wildman–Crippen LogP) is 7.19. The van der Waals surface area contributed by atoms with Crippen LogP contribution in [0.25, 0.3) is 11.1 Å². The van der Waals surface area contributed by atoms with Crippen LogP contribution in [0.4, 0.5) is 11.5 Å². The first kappa shape index (κ1) is 18.6. The molecule has 4 aromatic carbocycles. The van der Waals surface area contributed by atoms with E-state index in [0.717, 1.165) is 11.5 Å². The van der Waals surface area contributed by atoms with Gasteiger partial charge in [-0.1, -0.05) is 97.1 Å². The van der Waals surface area contributed by atoms with Crippen LogP contribution in [-0.4, -0.2) is 4.98 Å². The largest absolute Gasteiger partial charge is 0.340 e. The zero-order chi connectivity index (χ0) is 21.4. The number of benzene rings is 4. The Morgan fingerprint density at radius 2 is 1.16 bits per heavy atom. The molecular formula is C30H22N2. The Kier molecular flexibility index (Phi) is 4.36. The number of rotatable bonds is 4. The molecule has 0 saturated carbocycles. The Hall–Kier alpha value is -4.17. The van der Waals surface area contributed by atoms with Gasteiger partial charge in [0.15, 0.2) is 0 Å². The van der Waals surface area contributed by atoms with Crippen molar-refractivity contribution in [3.8, 4) is 11.1 Å². The summed E-state index contributed by atoms with van der Waals surface area (Å²) in [6.07, 6.45) is 1.81. The number of pyridine rings is 1. The molecule has 152 valence electrons. The summed E-state index contributed by atoms with van der Waals surface area (Å²) in [7, 11) is 0. The quantitative estimate of drug-likeness (QED) is 0.333. The van der Waals surface area contributed by atoms with Crippen LogP contribution >= 0.6 is 0 Å². The molecule has 32 heavy (non-hydrogen) atoms. The summed E-state index contributed by atoms with van der Waals surface area (Å²) < 4.78 is 0. The molecule has 1 aliphatic carbocycles. The normalized spacial score (nSPS) is 13.2. The van der Waals surface area contributed by atoms with Crippen molar-refractivity contribution in [2.45, 2.75) is 5.41 Å². The molecule has 0 bridgehead atoms. The average molecular weight is 411 g/mol. The number of hydrogen-bond acceptors (Lipinski definition) is 2. The third-order valence-corrected chi connectivity index (χ3v) is 6.40. The van der Waals surface area contributed by atoms with E-state index in [9.17, 15) is 0 Å². The van der Waals surface area contributed by atoms with Gasteiger partial charge in [-0.25, -0.2) is 4.98 Å². The van der Waals surface area contributed by atoms with E-state index in [1.807, 2.05) is 24.4 Å². The van der Waals surface area contributed by atoms with Gasteiger partial charge in [-0.2, -0.15) is 0 Å². The summed E-state index contributed by atoms with van der Waals surface area (Å²) >= 11 is 0. The molecule has 0 spiro atoms. The summed E-state index contributed by atoms with van der Waals surface area (Å²) in [4.78, 5) is 4.45. The van der Waals surface area contributed by atoms with E-state index in [4.69, 9.17) is 0 Å². The summed E-state index contributed by atoms with van der Waals surface area (Å²) in [5.41, 5.74) is 8.38. The lowest BCUT2D eigenvalue weighted by Crippen LogP contribution is -2.28. The number of nitrogens with zero attached hydrogens (tertiary/aromatic N) is 1. The fraction of sp³-hybridized carbons (Fsp3) is 0.0333. The topological polar surface area (TPSA) is 24.9 Å². The highest BCUT2D eigenvalue weighted by atomic mass is 15.0. The van der Waals surface area contributed by atoms with Crippen molar-refractivity contribution in [2.75, 3.05) is 5.32 Å². The number of fused-ring (bicyclic) bond motifs is 3. The molecule has 0 aliphatic heterocycles. The van der Waals surface area contributed by atoms with Crippen molar-refractivity contribution in [1.29, 1.82) is 0 Å². The second kappa shape index (κ2) is 7.51. The van der Waals surface area contributed by atoms with E-state index in [0.29, 0.717) is 0 Å². The predicted molar refractivity (Wildman–Crippen MR) is 131 cm³/mol. The minimum absolute atomic E-state index is 0.379. The highest BCUT2D eigenvalue weighted by molar-refractivity contribution is 5.87. The van der Waals surface area contributed by atoms with Gasteiger partial charge in [-0.15, -0.1) is 0 Å². The molecular weight excluding hydrogens is 388 g/mol. The Balaban J connectivity index is 1.65. The van der Waals surface area contributed by atoms with Gasteiger partial charge < -0.3 is 5.32 Å². The lowest BCUT2D eigenvalue weighted by molar-refractivity contribution is 0.769. The highest BCUT2D eigenvalue weighted by Gasteiger charge is 2.45. The second-order valence-electron chi connectivity index (χ2n) is 8.13. The van der Waals surface area contributed by atoms with Crippen LogP contribution in [0.2, 0.25) is 0 Å². The molecule has 0 saturated heterocycles. The number of nitrogens with one attached hydrogen (secondary N) is 1. The Morgan fingerprint density at radius 3 is 1.84 bits per heavy atom. The molecule has 0 atom stereocenters. The standard InChI is InChI=1S/C30H22N2/c1-3-11-22(12-4-1)30(23-13-5-2-6-14-23)27-16-8-7-15-25(27)26-19-18-24(21-28(26)30)32-29-17-9-10-20-31-29/h1-21H,(H,31,32). The number of anilines is 2. The molecule has 0 radical (unpaired) electrons. The van der Waals surface area contributed by atoms with Crippen LogP contribution in [0.5, 0.6) is 0 Å². The highest BCUT2D eigenvalue weighted by Crippen LogP contribution is 2.56. The van der Waals surface area contributed by atoms with Gasteiger partial charge in [-0.05, 0) is 57.6 Å². The van der Waals surface area contributed by atoms with Crippen LogP contribution in [0.15, 0.2) is 128 Å². The van der Waals surface area contributed by atoms with E-state index in [2.05, 4.69) is 113 Å². The van der Waals surface area contributed by atoms with Gasteiger partial charge in [-0.3, -0.25) is 0 Å². The van der Waals surface area contributed by atoms with Gasteiger partial charge in [0.1, 0.15) is 5.82 Å². The van der Waals surface area contributed by atoms with E-state index < -0.39 is 0 Å². The lowest BCUT2D eigenvalue weighted by Gasteiger charge is -2.34. The SMILES string of the molecule is c1ccc(C2(c3ccccc3)c3ccccc3-c3ccc(Nc4ccccn4)cc32)cc1. The molecule has 1 heterocycles. The molecule has 2 heteroatoms. The summed E-state index contributed by atoms with van der Waals surface area (Å²) in [5, 5.41) is 3.49. The van der Waals surface area contributed by atoms with Gasteiger partial charge in [0, 0.05) is 11.9 Å². The average Bonchev–Trinajstić information content (AvgIpc) is 3.16. The molecule has 0 unspecified atom stereocenters. The zero-order valence-electron chi connectivity index (χ0n) is 17.6. The van der Waals surface area contributed by atoms with Crippen LogP contribution in [0, 0.1) is 0 Å². The minimum atomic E-state index is -0.379. The summed E-state index contributed by atoms with van der Waals surface area (Å²) in [6.45, 7) is 0. The van der Waals surface area contributed by atoms with E-state index in [1.54, 1.807) is 0 Å². The van der Waals surface area contributed by atoms with Crippen molar-refractivity contribution >= 4 is 11.5 Å². The first-order valence-corrected chi connectivity index (χ1v) is 10.9. The monoisotopic (exact) mass is 410 g/mol. The molecule has 1 aliphatic rings. The maximum atomic E-state index is 4.45. The van der Waals surface area contributed by atoms with Gasteiger partial charge in [0.05, 0.1) is 5.41 Å². The molecule has 0 amide bonds. The van der Waals surface area contributed by atoms with E-state index in [-0.39, 0.29) is 5.41 Å². The minimum Gasteiger partial charge on any atom is -0.340 e. The number of aromatic nitrogens is 1. The Bertz CT molecular complexity index is 1340. The molecule has 1 aromatic heterocycles. The third kappa shape index (κ3) is 2.77. The zero-order valence-corrected chi connectivity index (χ0v) is 17.6. The van der Waals surface area contributed by atoms with Crippen molar-refractivity contribution in [1.82, 2.24) is 4.98 Å². The maximum Gasteiger partial charge on any atom is 0.130 e. The van der Waals surface area contributed by atoms with Crippen LogP contribution in [-0.2, 0) is 5.41 Å². The van der Waals surface area contributed by atoms with Crippen molar-refractivity contribution in [3.05, 3.63) is 150 Å². The summed E-state index contributed by atoms with van der Waals surface area (Å²) in [5.74, 6) is 0.841. The van der Waals surface area contributed by atoms with Crippen LogP contribution in [0.3, 0.4) is 0 Å². The van der Waals surface area contributed by atoms with Crippen molar-refractivity contribution in [2.24, 2.45) is 0 Å². The van der Waals surface area contributed by atoms with E-state index >= 15 is 0 Å². The molecule has 6 rings (SSSR count).